The molecule has 7 nitrogen and oxygen atoms in total. The van der Waals surface area contributed by atoms with Crippen molar-refractivity contribution in [1.29, 1.82) is 0 Å². The number of amides is 2. The minimum Gasteiger partial charge on any atom is -0.465 e. The van der Waals surface area contributed by atoms with Gasteiger partial charge in [0.05, 0.1) is 19.2 Å². The zero-order valence-electron chi connectivity index (χ0n) is 12.1. The Bertz CT molecular complexity index is 625. The fourth-order valence-corrected chi connectivity index (χ4v) is 2.20. The fourth-order valence-electron chi connectivity index (χ4n) is 2.20. The molecule has 0 unspecified atom stereocenters. The van der Waals surface area contributed by atoms with Crippen molar-refractivity contribution in [3.8, 4) is 0 Å². The summed E-state index contributed by atoms with van der Waals surface area (Å²) >= 11 is 0. The zero-order chi connectivity index (χ0) is 15.8. The van der Waals surface area contributed by atoms with E-state index in [1.165, 1.54) is 13.2 Å². The van der Waals surface area contributed by atoms with Gasteiger partial charge in [-0.15, -0.1) is 0 Å². The minimum absolute atomic E-state index is 0.0171. The highest BCUT2D eigenvalue weighted by atomic mass is 16.5. The number of imide groups is 1. The van der Waals surface area contributed by atoms with Crippen LogP contribution < -0.4 is 16.0 Å². The molecule has 0 saturated carbocycles. The molecule has 0 spiro atoms. The van der Waals surface area contributed by atoms with E-state index < -0.39 is 23.3 Å². The highest BCUT2D eigenvalue weighted by Crippen LogP contribution is 2.29. The molecule has 2 amide bonds. The van der Waals surface area contributed by atoms with Crippen LogP contribution in [0.15, 0.2) is 18.2 Å². The van der Waals surface area contributed by atoms with Gasteiger partial charge in [0.25, 0.3) is 5.91 Å². The summed E-state index contributed by atoms with van der Waals surface area (Å²) in [6.07, 6.45) is 0. The summed E-state index contributed by atoms with van der Waals surface area (Å²) < 4.78 is 4.67. The number of ether oxygens (including phenoxy) is 1. The van der Waals surface area contributed by atoms with Gasteiger partial charge in [-0.2, -0.15) is 0 Å². The Morgan fingerprint density at radius 2 is 2.05 bits per heavy atom. The largest absolute Gasteiger partial charge is 0.465 e. The quantitative estimate of drug-likeness (QED) is 0.461. The van der Waals surface area contributed by atoms with Crippen LogP contribution in [0.1, 0.15) is 24.2 Å². The van der Waals surface area contributed by atoms with E-state index in [1.54, 1.807) is 30.9 Å². The molecule has 21 heavy (non-hydrogen) atoms. The number of nitrogen functional groups attached to an aromatic ring is 1. The van der Waals surface area contributed by atoms with Crippen LogP contribution in [-0.2, 0) is 14.3 Å². The number of rotatable bonds is 2. The van der Waals surface area contributed by atoms with Crippen LogP contribution in [0.2, 0.25) is 0 Å². The molecule has 1 heterocycles. The van der Waals surface area contributed by atoms with Crippen LogP contribution in [0.4, 0.5) is 11.4 Å². The molecule has 1 fully saturated rings. The predicted octanol–water partition coefficient (Wildman–Crippen LogP) is 0.297. The molecule has 3 N–H and O–H groups in total. The van der Waals surface area contributed by atoms with Gasteiger partial charge < -0.3 is 15.4 Å². The SMILES string of the molecule is COC(=O)c1cc(N2CC(=O)NC(=O)C2(C)C)ccc1N. The third kappa shape index (κ3) is 2.54. The van der Waals surface area contributed by atoms with Gasteiger partial charge >= 0.3 is 5.97 Å². The van der Waals surface area contributed by atoms with E-state index in [4.69, 9.17) is 5.73 Å². The van der Waals surface area contributed by atoms with E-state index >= 15 is 0 Å². The summed E-state index contributed by atoms with van der Waals surface area (Å²) in [4.78, 5) is 36.9. The molecule has 112 valence electrons. The normalized spacial score (nSPS) is 17.4. The molecule has 1 aromatic rings. The maximum Gasteiger partial charge on any atom is 0.340 e. The van der Waals surface area contributed by atoms with Crippen LogP contribution in [0, 0.1) is 0 Å². The van der Waals surface area contributed by atoms with Crippen LogP contribution in [-0.4, -0.2) is 37.0 Å². The Labute approximate surface area is 122 Å². The van der Waals surface area contributed by atoms with E-state index in [0.29, 0.717) is 5.69 Å². The first kappa shape index (κ1) is 14.8. The molecule has 1 aliphatic rings. The van der Waals surface area contributed by atoms with E-state index in [2.05, 4.69) is 10.1 Å². The zero-order valence-corrected chi connectivity index (χ0v) is 12.1. The number of hydrogen-bond acceptors (Lipinski definition) is 6. The molecule has 2 rings (SSSR count). The lowest BCUT2D eigenvalue weighted by Crippen LogP contribution is -2.64. The first-order valence-corrected chi connectivity index (χ1v) is 6.37. The number of benzene rings is 1. The number of carbonyl (C=O) groups excluding carboxylic acids is 3. The molecular weight excluding hydrogens is 274 g/mol. The average Bonchev–Trinajstić information content (AvgIpc) is 2.43. The highest BCUT2D eigenvalue weighted by Gasteiger charge is 2.41. The molecule has 1 aliphatic heterocycles. The van der Waals surface area contributed by atoms with Gasteiger partial charge in [-0.05, 0) is 32.0 Å². The molecule has 0 atom stereocenters. The number of nitrogens with one attached hydrogen (secondary N) is 1. The lowest BCUT2D eigenvalue weighted by molar-refractivity contribution is -0.135. The molecule has 0 bridgehead atoms. The maximum atomic E-state index is 12.0. The van der Waals surface area contributed by atoms with Crippen molar-refractivity contribution in [2.45, 2.75) is 19.4 Å². The summed E-state index contributed by atoms with van der Waals surface area (Å²) in [7, 11) is 1.26. The van der Waals surface area contributed by atoms with E-state index in [-0.39, 0.29) is 17.8 Å². The summed E-state index contributed by atoms with van der Waals surface area (Å²) in [5.41, 5.74) is 5.86. The van der Waals surface area contributed by atoms with Crippen LogP contribution in [0.5, 0.6) is 0 Å². The second kappa shape index (κ2) is 5.08. The Hall–Kier alpha value is -2.57. The molecule has 0 aliphatic carbocycles. The third-order valence-electron chi connectivity index (χ3n) is 3.54. The number of esters is 1. The third-order valence-corrected chi connectivity index (χ3v) is 3.54. The topological polar surface area (TPSA) is 102 Å². The Kier molecular flexibility index (Phi) is 3.59. The van der Waals surface area contributed by atoms with E-state index in [1.807, 2.05) is 0 Å². The first-order valence-electron chi connectivity index (χ1n) is 6.37. The predicted molar refractivity (Wildman–Crippen MR) is 76.8 cm³/mol. The van der Waals surface area contributed by atoms with Crippen molar-refractivity contribution in [1.82, 2.24) is 5.32 Å². The standard InChI is InChI=1S/C14H17N3O4/c1-14(2)13(20)16-11(18)7-17(14)8-4-5-10(15)9(6-8)12(19)21-3/h4-6H,7,15H2,1-3H3,(H,16,18,20). The van der Waals surface area contributed by atoms with Crippen LogP contribution >= 0.6 is 0 Å². The number of nitrogens with two attached hydrogens (primary N) is 1. The van der Waals surface area contributed by atoms with Gasteiger partial charge in [0.15, 0.2) is 0 Å². The maximum absolute atomic E-state index is 12.0. The number of piperazine rings is 1. The monoisotopic (exact) mass is 291 g/mol. The second-order valence-electron chi connectivity index (χ2n) is 5.29. The minimum atomic E-state index is -0.919. The highest BCUT2D eigenvalue weighted by molar-refractivity contribution is 6.07. The lowest BCUT2D eigenvalue weighted by atomic mass is 9.97. The number of nitrogens with zero attached hydrogens (tertiary/aromatic N) is 1. The first-order chi connectivity index (χ1) is 9.77. The van der Waals surface area contributed by atoms with Gasteiger partial charge in [-0.25, -0.2) is 4.79 Å². The van der Waals surface area contributed by atoms with E-state index in [9.17, 15) is 14.4 Å². The van der Waals surface area contributed by atoms with Gasteiger partial charge in [-0.3, -0.25) is 14.9 Å². The fraction of sp³-hybridized carbons (Fsp3) is 0.357. The number of carbonyl (C=O) groups is 3. The van der Waals surface area contributed by atoms with Crippen molar-refractivity contribution < 1.29 is 19.1 Å². The van der Waals surface area contributed by atoms with Gasteiger partial charge in [0.1, 0.15) is 5.54 Å². The Morgan fingerprint density at radius 3 is 2.67 bits per heavy atom. The van der Waals surface area contributed by atoms with Crippen molar-refractivity contribution >= 4 is 29.2 Å². The molecular formula is C14H17N3O4. The molecule has 0 radical (unpaired) electrons. The number of methoxy groups -OCH3 is 1. The molecule has 1 aromatic carbocycles. The molecule has 7 heteroatoms. The van der Waals surface area contributed by atoms with Crippen molar-refractivity contribution in [2.24, 2.45) is 0 Å². The van der Waals surface area contributed by atoms with E-state index in [0.717, 1.165) is 0 Å². The smallest absolute Gasteiger partial charge is 0.340 e. The van der Waals surface area contributed by atoms with Gasteiger partial charge in [-0.1, -0.05) is 0 Å². The van der Waals surface area contributed by atoms with Crippen LogP contribution in [0.3, 0.4) is 0 Å². The van der Waals surface area contributed by atoms with Crippen molar-refractivity contribution in [3.05, 3.63) is 23.8 Å². The van der Waals surface area contributed by atoms with Gasteiger partial charge in [0.2, 0.25) is 5.91 Å². The number of hydrogen-bond donors (Lipinski definition) is 2. The Balaban J connectivity index is 2.47. The Morgan fingerprint density at radius 1 is 1.38 bits per heavy atom. The summed E-state index contributed by atoms with van der Waals surface area (Å²) in [5, 5.41) is 2.29. The lowest BCUT2D eigenvalue weighted by Gasteiger charge is -2.41. The summed E-state index contributed by atoms with van der Waals surface area (Å²) in [5.74, 6) is -1.36. The molecule has 0 aromatic heterocycles. The van der Waals surface area contributed by atoms with Gasteiger partial charge in [0, 0.05) is 11.4 Å². The average molecular weight is 291 g/mol. The van der Waals surface area contributed by atoms with Crippen molar-refractivity contribution in [3.63, 3.8) is 0 Å². The number of anilines is 2. The van der Waals surface area contributed by atoms with Crippen LogP contribution in [0.25, 0.3) is 0 Å². The second-order valence-corrected chi connectivity index (χ2v) is 5.29. The molecule has 1 saturated heterocycles. The summed E-state index contributed by atoms with van der Waals surface area (Å²) in [6.45, 7) is 3.41. The summed E-state index contributed by atoms with van der Waals surface area (Å²) in [6, 6.07) is 4.73. The van der Waals surface area contributed by atoms with Crippen molar-refractivity contribution in [2.75, 3.05) is 24.3 Å².